The molecule has 0 saturated carbocycles. The number of aromatic nitrogens is 2. The molecule has 2 aliphatic heterocycles. The molecule has 2 saturated heterocycles. The van der Waals surface area contributed by atoms with Gasteiger partial charge in [-0.15, -0.1) is 0 Å². The van der Waals surface area contributed by atoms with Gasteiger partial charge in [0, 0.05) is 24.8 Å². The summed E-state index contributed by atoms with van der Waals surface area (Å²) in [5.41, 5.74) is 3.10. The van der Waals surface area contributed by atoms with Crippen LogP contribution in [-0.2, 0) is 5.75 Å². The molecule has 1 aromatic carbocycles. The molecule has 4 nitrogen and oxygen atoms in total. The van der Waals surface area contributed by atoms with Crippen molar-refractivity contribution in [1.29, 1.82) is 5.26 Å². The standard InChI is InChI=1S/C17H18N4S2/c18-8-12-3-1-4-13(7-12)11-22-17-16(19-23-20-17)15-10-21-6-2-5-14(15)9-21/h1,3-4,7,14-15H,2,5-6,9-11H2. The molecule has 2 fully saturated rings. The van der Waals surface area contributed by atoms with Crippen LogP contribution in [0.15, 0.2) is 29.3 Å². The third kappa shape index (κ3) is 3.14. The van der Waals surface area contributed by atoms with Crippen molar-refractivity contribution in [2.24, 2.45) is 5.92 Å². The normalized spacial score (nSPS) is 26.1. The average molecular weight is 342 g/mol. The molecule has 6 heteroatoms. The van der Waals surface area contributed by atoms with Crippen molar-refractivity contribution >= 4 is 23.5 Å². The van der Waals surface area contributed by atoms with Crippen molar-refractivity contribution in [1.82, 2.24) is 13.6 Å². The van der Waals surface area contributed by atoms with Crippen molar-refractivity contribution in [3.63, 3.8) is 0 Å². The zero-order valence-corrected chi connectivity index (χ0v) is 14.4. The number of fused-ring (bicyclic) bond motifs is 2. The first-order valence-corrected chi connectivity index (χ1v) is 9.72. The van der Waals surface area contributed by atoms with Gasteiger partial charge < -0.3 is 4.90 Å². The maximum Gasteiger partial charge on any atom is 0.134 e. The van der Waals surface area contributed by atoms with Crippen LogP contribution < -0.4 is 0 Å². The summed E-state index contributed by atoms with van der Waals surface area (Å²) in [6.07, 6.45) is 2.65. The molecule has 2 aliphatic rings. The largest absolute Gasteiger partial charge is 0.302 e. The van der Waals surface area contributed by atoms with Gasteiger partial charge in [0.15, 0.2) is 0 Å². The number of benzene rings is 1. The van der Waals surface area contributed by atoms with Crippen molar-refractivity contribution in [2.75, 3.05) is 19.6 Å². The molecular formula is C17H18N4S2. The number of rotatable bonds is 4. The number of nitriles is 1. The van der Waals surface area contributed by atoms with Crippen molar-refractivity contribution in [3.05, 3.63) is 41.1 Å². The summed E-state index contributed by atoms with van der Waals surface area (Å²) >= 11 is 3.09. The van der Waals surface area contributed by atoms with Gasteiger partial charge in [-0.05, 0) is 43.0 Å². The van der Waals surface area contributed by atoms with Crippen LogP contribution in [0.4, 0.5) is 0 Å². The van der Waals surface area contributed by atoms with Gasteiger partial charge in [-0.2, -0.15) is 14.0 Å². The smallest absolute Gasteiger partial charge is 0.134 e. The molecule has 118 valence electrons. The van der Waals surface area contributed by atoms with Crippen LogP contribution in [0.5, 0.6) is 0 Å². The highest BCUT2D eigenvalue weighted by Crippen LogP contribution is 2.41. The quantitative estimate of drug-likeness (QED) is 0.796. The van der Waals surface area contributed by atoms with Crippen molar-refractivity contribution in [3.8, 4) is 6.07 Å². The van der Waals surface area contributed by atoms with E-state index in [0.29, 0.717) is 5.92 Å². The predicted octanol–water partition coefficient (Wildman–Crippen LogP) is 3.51. The molecule has 23 heavy (non-hydrogen) atoms. The van der Waals surface area contributed by atoms with E-state index in [9.17, 15) is 0 Å². The zero-order valence-electron chi connectivity index (χ0n) is 12.8. The van der Waals surface area contributed by atoms with E-state index in [2.05, 4.69) is 25.8 Å². The number of hydrogen-bond donors (Lipinski definition) is 0. The Morgan fingerprint density at radius 1 is 1.35 bits per heavy atom. The molecule has 2 bridgehead atoms. The Bertz CT molecular complexity index is 736. The van der Waals surface area contributed by atoms with E-state index in [1.165, 1.54) is 48.9 Å². The second kappa shape index (κ2) is 6.60. The first-order valence-electron chi connectivity index (χ1n) is 8.00. The summed E-state index contributed by atoms with van der Waals surface area (Å²) in [6.45, 7) is 3.62. The highest BCUT2D eigenvalue weighted by molar-refractivity contribution is 7.98. The Kier molecular flexibility index (Phi) is 4.34. The van der Waals surface area contributed by atoms with Gasteiger partial charge in [-0.1, -0.05) is 23.9 Å². The highest BCUT2D eigenvalue weighted by Gasteiger charge is 2.38. The van der Waals surface area contributed by atoms with Gasteiger partial charge >= 0.3 is 0 Å². The van der Waals surface area contributed by atoms with E-state index in [1.807, 2.05) is 18.2 Å². The molecule has 0 aliphatic carbocycles. The van der Waals surface area contributed by atoms with Crippen LogP contribution in [0, 0.1) is 17.2 Å². The Balaban J connectivity index is 1.48. The SMILES string of the molecule is N#Cc1cccc(CSc2nsnc2C2CN3CCCC2C3)c1. The summed E-state index contributed by atoms with van der Waals surface area (Å²) in [6, 6.07) is 10.0. The third-order valence-electron chi connectivity index (χ3n) is 4.83. The molecule has 0 spiro atoms. The van der Waals surface area contributed by atoms with E-state index in [1.54, 1.807) is 11.8 Å². The van der Waals surface area contributed by atoms with Gasteiger partial charge in [-0.3, -0.25) is 0 Å². The van der Waals surface area contributed by atoms with E-state index in [-0.39, 0.29) is 0 Å². The second-order valence-corrected chi connectivity index (χ2v) is 7.82. The van der Waals surface area contributed by atoms with Crippen LogP contribution in [0.2, 0.25) is 0 Å². The number of nitrogens with zero attached hydrogens (tertiary/aromatic N) is 4. The maximum atomic E-state index is 9.01. The van der Waals surface area contributed by atoms with Gasteiger partial charge in [0.1, 0.15) is 5.03 Å². The van der Waals surface area contributed by atoms with Crippen LogP contribution in [0.1, 0.15) is 35.6 Å². The Labute approximate surface area is 144 Å². The molecule has 3 atom stereocenters. The minimum absolute atomic E-state index is 0.559. The topological polar surface area (TPSA) is 52.8 Å². The molecule has 2 aromatic rings. The fraction of sp³-hybridized carbons (Fsp3) is 0.471. The predicted molar refractivity (Wildman–Crippen MR) is 92.5 cm³/mol. The van der Waals surface area contributed by atoms with Crippen molar-refractivity contribution in [2.45, 2.75) is 29.5 Å². The fourth-order valence-electron chi connectivity index (χ4n) is 3.72. The minimum atomic E-state index is 0.559. The molecule has 4 rings (SSSR count). The summed E-state index contributed by atoms with van der Waals surface area (Å²) < 4.78 is 9.18. The van der Waals surface area contributed by atoms with E-state index in [4.69, 9.17) is 5.26 Å². The molecule has 3 heterocycles. The van der Waals surface area contributed by atoms with E-state index >= 15 is 0 Å². The molecule has 0 amide bonds. The summed E-state index contributed by atoms with van der Waals surface area (Å²) in [5, 5.41) is 10.1. The van der Waals surface area contributed by atoms with Gasteiger partial charge in [0.2, 0.25) is 0 Å². The highest BCUT2D eigenvalue weighted by atomic mass is 32.2. The molecular weight excluding hydrogens is 324 g/mol. The van der Waals surface area contributed by atoms with Crippen LogP contribution in [-0.4, -0.2) is 33.3 Å². The number of hydrogen-bond acceptors (Lipinski definition) is 6. The summed E-state index contributed by atoms with van der Waals surface area (Å²) in [7, 11) is 0. The summed E-state index contributed by atoms with van der Waals surface area (Å²) in [4.78, 5) is 2.57. The van der Waals surface area contributed by atoms with Crippen molar-refractivity contribution < 1.29 is 0 Å². The lowest BCUT2D eigenvalue weighted by Crippen LogP contribution is -2.25. The van der Waals surface area contributed by atoms with Crippen LogP contribution >= 0.6 is 23.5 Å². The first-order chi connectivity index (χ1) is 11.3. The lowest BCUT2D eigenvalue weighted by Gasteiger charge is -2.21. The Morgan fingerprint density at radius 2 is 2.30 bits per heavy atom. The van der Waals surface area contributed by atoms with Crippen LogP contribution in [0.3, 0.4) is 0 Å². The zero-order chi connectivity index (χ0) is 15.6. The second-order valence-electron chi connectivity index (χ2n) is 6.32. The number of piperidine rings is 1. The lowest BCUT2D eigenvalue weighted by molar-refractivity contribution is 0.269. The van der Waals surface area contributed by atoms with Gasteiger partial charge in [0.25, 0.3) is 0 Å². The summed E-state index contributed by atoms with van der Waals surface area (Å²) in [5.74, 6) is 2.16. The fourth-order valence-corrected chi connectivity index (χ4v) is 5.43. The first kappa shape index (κ1) is 15.1. The Hall–Kier alpha value is -1.42. The maximum absolute atomic E-state index is 9.01. The number of thioether (sulfide) groups is 1. The van der Waals surface area contributed by atoms with Gasteiger partial charge in [0.05, 0.1) is 29.1 Å². The molecule has 3 unspecified atom stereocenters. The lowest BCUT2D eigenvalue weighted by atomic mass is 9.89. The molecule has 0 radical (unpaired) electrons. The van der Waals surface area contributed by atoms with Crippen LogP contribution in [0.25, 0.3) is 0 Å². The molecule has 0 N–H and O–H groups in total. The monoisotopic (exact) mass is 342 g/mol. The minimum Gasteiger partial charge on any atom is -0.302 e. The third-order valence-corrected chi connectivity index (χ3v) is 6.54. The molecule has 1 aromatic heterocycles. The Morgan fingerprint density at radius 3 is 3.17 bits per heavy atom. The average Bonchev–Trinajstić information content (AvgIpc) is 3.17. The van der Waals surface area contributed by atoms with E-state index in [0.717, 1.165) is 28.8 Å². The van der Waals surface area contributed by atoms with Gasteiger partial charge in [-0.25, -0.2) is 0 Å². The van der Waals surface area contributed by atoms with E-state index < -0.39 is 0 Å².